The average Bonchev–Trinajstić information content (AvgIpc) is 3.26. The number of fused-ring (bicyclic) bond motifs is 1. The number of nitrogens with zero attached hydrogens (tertiary/aromatic N) is 3. The number of nitrogens with one attached hydrogen (secondary N) is 1. The summed E-state index contributed by atoms with van der Waals surface area (Å²) in [6.07, 6.45) is 6.65. The van der Waals surface area contributed by atoms with Gasteiger partial charge in [0.15, 0.2) is 15.0 Å². The number of sulfone groups is 1. The van der Waals surface area contributed by atoms with Gasteiger partial charge < -0.3 is 10.2 Å². The molecule has 2 unspecified atom stereocenters. The maximum absolute atomic E-state index is 13.1. The molecular weight excluding hydrogens is 432 g/mol. The molecule has 1 N–H and O–H groups in total. The molecule has 2 atom stereocenters. The minimum Gasteiger partial charge on any atom is -0.336 e. The summed E-state index contributed by atoms with van der Waals surface area (Å²) in [5.41, 5.74) is 1.50. The van der Waals surface area contributed by atoms with E-state index in [-0.39, 0.29) is 28.7 Å². The van der Waals surface area contributed by atoms with Gasteiger partial charge in [-0.2, -0.15) is 0 Å². The van der Waals surface area contributed by atoms with Crippen molar-refractivity contribution in [2.45, 2.75) is 49.4 Å². The van der Waals surface area contributed by atoms with Gasteiger partial charge in [0.25, 0.3) is 5.91 Å². The minimum atomic E-state index is -2.95. The van der Waals surface area contributed by atoms with Crippen LogP contribution in [0.3, 0.4) is 0 Å². The van der Waals surface area contributed by atoms with Crippen molar-refractivity contribution in [3.8, 4) is 0 Å². The quantitative estimate of drug-likeness (QED) is 0.743. The van der Waals surface area contributed by atoms with Gasteiger partial charge in [-0.05, 0) is 31.0 Å². The van der Waals surface area contributed by atoms with E-state index < -0.39 is 9.84 Å². The number of rotatable bonds is 3. The average molecular weight is 463 g/mol. The zero-order valence-corrected chi connectivity index (χ0v) is 19.3. The van der Waals surface area contributed by atoms with Crippen LogP contribution < -0.4 is 5.32 Å². The summed E-state index contributed by atoms with van der Waals surface area (Å²) in [5, 5.41) is 4.04. The van der Waals surface area contributed by atoms with Crippen molar-refractivity contribution in [2.24, 2.45) is 4.99 Å². The SMILES string of the molecule is O=C(c1cccc(NC2=NC3CS(=O)(=O)CC3S2)c1)N1CCN(C2CCCCC2)CC1. The number of piperazine rings is 1. The molecule has 0 bridgehead atoms. The van der Waals surface area contributed by atoms with E-state index in [2.05, 4.69) is 15.2 Å². The predicted octanol–water partition coefficient (Wildman–Crippen LogP) is 2.46. The lowest BCUT2D eigenvalue weighted by Gasteiger charge is -2.40. The van der Waals surface area contributed by atoms with E-state index in [0.29, 0.717) is 11.6 Å². The molecule has 3 heterocycles. The second kappa shape index (κ2) is 8.75. The van der Waals surface area contributed by atoms with Gasteiger partial charge in [0.1, 0.15) is 0 Å². The van der Waals surface area contributed by atoms with Gasteiger partial charge in [-0.15, -0.1) is 0 Å². The van der Waals surface area contributed by atoms with Crippen LogP contribution in [0.4, 0.5) is 5.69 Å². The Morgan fingerprint density at radius 1 is 1.06 bits per heavy atom. The highest BCUT2D eigenvalue weighted by Crippen LogP contribution is 2.34. The maximum atomic E-state index is 13.1. The summed E-state index contributed by atoms with van der Waals surface area (Å²) in [4.78, 5) is 22.2. The first-order chi connectivity index (χ1) is 15.0. The van der Waals surface area contributed by atoms with E-state index in [9.17, 15) is 13.2 Å². The number of amides is 1. The normalized spacial score (nSPS) is 28.9. The van der Waals surface area contributed by atoms with Crippen molar-refractivity contribution in [1.29, 1.82) is 0 Å². The number of hydrogen-bond acceptors (Lipinski definition) is 7. The standard InChI is InChI=1S/C22H30N4O3S2/c27-21(26-11-9-25(10-12-26)18-7-2-1-3-8-18)16-5-4-6-17(13-16)23-22-24-19-14-31(28,29)15-20(19)30-22/h4-6,13,18-20H,1-3,7-12,14-15H2,(H,23,24). The van der Waals surface area contributed by atoms with Crippen molar-refractivity contribution in [3.63, 3.8) is 0 Å². The van der Waals surface area contributed by atoms with E-state index in [1.165, 1.54) is 43.9 Å². The zero-order valence-electron chi connectivity index (χ0n) is 17.7. The van der Waals surface area contributed by atoms with Gasteiger partial charge in [-0.1, -0.05) is 37.1 Å². The first-order valence-electron chi connectivity index (χ1n) is 11.3. The molecule has 9 heteroatoms. The van der Waals surface area contributed by atoms with E-state index in [1.54, 1.807) is 0 Å². The van der Waals surface area contributed by atoms with Crippen molar-refractivity contribution in [3.05, 3.63) is 29.8 Å². The Morgan fingerprint density at radius 3 is 2.58 bits per heavy atom. The Bertz CT molecular complexity index is 967. The summed E-state index contributed by atoms with van der Waals surface area (Å²) in [6, 6.07) is 8.11. The molecule has 0 aromatic heterocycles. The fraction of sp³-hybridized carbons (Fsp3) is 0.636. The fourth-order valence-corrected chi connectivity index (χ4v) is 8.86. The lowest BCUT2D eigenvalue weighted by Crippen LogP contribution is -2.52. The highest BCUT2D eigenvalue weighted by Gasteiger charge is 2.42. The monoisotopic (exact) mass is 462 g/mol. The van der Waals surface area contributed by atoms with Gasteiger partial charge in [0.05, 0.1) is 17.5 Å². The molecule has 7 nitrogen and oxygen atoms in total. The van der Waals surface area contributed by atoms with Crippen LogP contribution >= 0.6 is 11.8 Å². The first-order valence-corrected chi connectivity index (χ1v) is 14.0. The molecule has 4 aliphatic rings. The van der Waals surface area contributed by atoms with E-state index in [4.69, 9.17) is 0 Å². The Labute approximate surface area is 188 Å². The zero-order chi connectivity index (χ0) is 21.4. The molecule has 1 aromatic rings. The van der Waals surface area contributed by atoms with Crippen LogP contribution in [0.25, 0.3) is 0 Å². The van der Waals surface area contributed by atoms with Crippen LogP contribution in [-0.2, 0) is 9.84 Å². The smallest absolute Gasteiger partial charge is 0.254 e. The number of aliphatic imine (C=N–C) groups is 1. The fourth-order valence-electron chi connectivity index (χ4n) is 5.19. The van der Waals surface area contributed by atoms with E-state index >= 15 is 0 Å². The number of anilines is 1. The number of carbonyl (C=O) groups excluding carboxylic acids is 1. The Kier molecular flexibility index (Phi) is 6.00. The van der Waals surface area contributed by atoms with Crippen LogP contribution in [0.5, 0.6) is 0 Å². The van der Waals surface area contributed by atoms with E-state index in [1.807, 2.05) is 29.2 Å². The van der Waals surface area contributed by atoms with Crippen LogP contribution in [0.1, 0.15) is 42.5 Å². The summed E-state index contributed by atoms with van der Waals surface area (Å²) < 4.78 is 23.5. The summed E-state index contributed by atoms with van der Waals surface area (Å²) in [6.45, 7) is 3.50. The Hall–Kier alpha value is -1.58. The number of amidine groups is 1. The van der Waals surface area contributed by atoms with Crippen molar-refractivity contribution < 1.29 is 13.2 Å². The molecule has 1 aliphatic carbocycles. The first kappa shape index (κ1) is 21.3. The third-order valence-corrected chi connectivity index (χ3v) is 10.0. The lowest BCUT2D eigenvalue weighted by atomic mass is 9.94. The van der Waals surface area contributed by atoms with Crippen LogP contribution in [0.15, 0.2) is 29.3 Å². The molecule has 0 spiro atoms. The summed E-state index contributed by atoms with van der Waals surface area (Å²) in [5.74, 6) is 0.416. The largest absolute Gasteiger partial charge is 0.336 e. The second-order valence-electron chi connectivity index (χ2n) is 9.06. The number of thioether (sulfide) groups is 1. The highest BCUT2D eigenvalue weighted by atomic mass is 32.2. The molecule has 31 heavy (non-hydrogen) atoms. The molecule has 1 amide bonds. The Morgan fingerprint density at radius 2 is 1.84 bits per heavy atom. The highest BCUT2D eigenvalue weighted by molar-refractivity contribution is 8.15. The lowest BCUT2D eigenvalue weighted by molar-refractivity contribution is 0.0523. The van der Waals surface area contributed by atoms with Crippen molar-refractivity contribution in [2.75, 3.05) is 43.0 Å². The number of benzene rings is 1. The van der Waals surface area contributed by atoms with Crippen LogP contribution in [0, 0.1) is 0 Å². The topological polar surface area (TPSA) is 82.1 Å². The Balaban J connectivity index is 1.18. The summed E-state index contributed by atoms with van der Waals surface area (Å²) in [7, 11) is -2.95. The molecule has 0 radical (unpaired) electrons. The third-order valence-electron chi connectivity index (χ3n) is 6.87. The van der Waals surface area contributed by atoms with Gasteiger partial charge in [-0.25, -0.2) is 8.42 Å². The molecule has 168 valence electrons. The molecular formula is C22H30N4O3S2. The van der Waals surface area contributed by atoms with Crippen molar-refractivity contribution >= 4 is 38.4 Å². The van der Waals surface area contributed by atoms with E-state index in [0.717, 1.165) is 37.0 Å². The van der Waals surface area contributed by atoms with Crippen LogP contribution in [0.2, 0.25) is 0 Å². The number of hydrogen-bond donors (Lipinski definition) is 1. The molecule has 1 aromatic carbocycles. The van der Waals surface area contributed by atoms with Gasteiger partial charge in [0.2, 0.25) is 0 Å². The number of carbonyl (C=O) groups is 1. The third kappa shape index (κ3) is 4.78. The van der Waals surface area contributed by atoms with Crippen molar-refractivity contribution in [1.82, 2.24) is 9.80 Å². The maximum Gasteiger partial charge on any atom is 0.254 e. The molecule has 5 rings (SSSR count). The summed E-state index contributed by atoms with van der Waals surface area (Å²) >= 11 is 1.49. The molecule has 3 aliphatic heterocycles. The minimum absolute atomic E-state index is 0.0118. The molecule has 1 saturated carbocycles. The second-order valence-corrected chi connectivity index (χ2v) is 12.4. The molecule has 2 saturated heterocycles. The van der Waals surface area contributed by atoms with Gasteiger partial charge in [0, 0.05) is 48.7 Å². The van der Waals surface area contributed by atoms with Gasteiger partial charge >= 0.3 is 0 Å². The molecule has 3 fully saturated rings. The predicted molar refractivity (Wildman–Crippen MR) is 126 cm³/mol. The van der Waals surface area contributed by atoms with Gasteiger partial charge in [-0.3, -0.25) is 14.7 Å². The van der Waals surface area contributed by atoms with Crippen LogP contribution in [-0.4, -0.2) is 84.3 Å².